The summed E-state index contributed by atoms with van der Waals surface area (Å²) < 4.78 is 0. The summed E-state index contributed by atoms with van der Waals surface area (Å²) in [6.07, 6.45) is 0.930. The summed E-state index contributed by atoms with van der Waals surface area (Å²) in [4.78, 5) is 44.9. The highest BCUT2D eigenvalue weighted by Crippen LogP contribution is 2.32. The van der Waals surface area contributed by atoms with E-state index in [0.29, 0.717) is 12.8 Å². The lowest BCUT2D eigenvalue weighted by atomic mass is 9.80. The van der Waals surface area contributed by atoms with Gasteiger partial charge in [0.1, 0.15) is 0 Å². The van der Waals surface area contributed by atoms with Gasteiger partial charge in [-0.1, -0.05) is 0 Å². The van der Waals surface area contributed by atoms with E-state index in [0.717, 1.165) is 6.42 Å². The summed E-state index contributed by atoms with van der Waals surface area (Å²) in [6, 6.07) is -0.522. The largest absolute Gasteiger partial charge is 0.473 e. The third-order valence-electron chi connectivity index (χ3n) is 4.10. The fourth-order valence-electron chi connectivity index (χ4n) is 2.98. The molecule has 11 heteroatoms. The van der Waals surface area contributed by atoms with Crippen LogP contribution >= 0.6 is 0 Å². The first-order valence-electron chi connectivity index (χ1n) is 8.15. The standard InChI is InChI=1S/C14H27N3O3.C2H2O4.H2O/c1-14(2,3)17(13(19)20)11-8-9(6-7-10(11)15)12(18)16(4)5;3-1(4)2(5)6;/h9-11H,6-8,15H2,1-5H3,(H,19,20);(H,3,4)(H,5,6);1H2/t9-,10-,11+;;/m0../s1. The fraction of sp³-hybridized carbons (Fsp3) is 0.750. The predicted octanol–water partition coefficient (Wildman–Crippen LogP) is -0.320. The summed E-state index contributed by atoms with van der Waals surface area (Å²) in [5.41, 5.74) is 5.59. The third-order valence-corrected chi connectivity index (χ3v) is 4.10. The summed E-state index contributed by atoms with van der Waals surface area (Å²) in [5, 5.41) is 24.3. The molecule has 11 nitrogen and oxygen atoms in total. The van der Waals surface area contributed by atoms with Crippen LogP contribution in [0.1, 0.15) is 40.0 Å². The Kier molecular flexibility index (Phi) is 10.6. The first kappa shape index (κ1) is 26.8. The van der Waals surface area contributed by atoms with Gasteiger partial charge in [0.15, 0.2) is 0 Å². The van der Waals surface area contributed by atoms with Crippen LogP contribution in [0.25, 0.3) is 0 Å². The summed E-state index contributed by atoms with van der Waals surface area (Å²) >= 11 is 0. The van der Waals surface area contributed by atoms with Crippen molar-refractivity contribution >= 4 is 23.9 Å². The van der Waals surface area contributed by atoms with E-state index in [1.165, 1.54) is 4.90 Å². The minimum Gasteiger partial charge on any atom is -0.473 e. The van der Waals surface area contributed by atoms with Gasteiger partial charge >= 0.3 is 18.0 Å². The molecule has 0 aromatic heterocycles. The molecule has 0 heterocycles. The van der Waals surface area contributed by atoms with E-state index in [1.54, 1.807) is 19.0 Å². The van der Waals surface area contributed by atoms with E-state index in [4.69, 9.17) is 25.5 Å². The average molecular weight is 393 g/mol. The second-order valence-electron chi connectivity index (χ2n) is 7.41. The zero-order valence-electron chi connectivity index (χ0n) is 16.3. The first-order chi connectivity index (χ1) is 11.7. The zero-order chi connectivity index (χ0) is 20.8. The number of carboxylic acids is 2. The minimum absolute atomic E-state index is 0. The number of nitrogens with zero attached hydrogens (tertiary/aromatic N) is 2. The van der Waals surface area contributed by atoms with Gasteiger partial charge in [-0.25, -0.2) is 14.4 Å². The number of nitrogens with two attached hydrogens (primary N) is 1. The molecule has 1 rings (SSSR count). The number of hydrogen-bond donors (Lipinski definition) is 4. The number of carboxylic acid groups (broad SMARTS) is 3. The minimum atomic E-state index is -1.82. The van der Waals surface area contributed by atoms with Gasteiger partial charge in [-0.2, -0.15) is 0 Å². The Hall–Kier alpha value is -2.40. The highest BCUT2D eigenvalue weighted by molar-refractivity contribution is 6.27. The molecule has 1 aliphatic rings. The number of carbonyl (C=O) groups excluding carboxylic acids is 1. The van der Waals surface area contributed by atoms with E-state index in [2.05, 4.69) is 0 Å². The highest BCUT2D eigenvalue weighted by atomic mass is 16.4. The molecule has 158 valence electrons. The number of amides is 2. The van der Waals surface area contributed by atoms with Crippen molar-refractivity contribution < 1.29 is 40.0 Å². The Labute approximate surface area is 158 Å². The zero-order valence-corrected chi connectivity index (χ0v) is 16.3. The second kappa shape index (κ2) is 10.7. The van der Waals surface area contributed by atoms with Crippen LogP contribution in [-0.2, 0) is 14.4 Å². The van der Waals surface area contributed by atoms with Gasteiger partial charge in [-0.3, -0.25) is 9.69 Å². The van der Waals surface area contributed by atoms with Gasteiger partial charge in [-0.15, -0.1) is 0 Å². The summed E-state index contributed by atoms with van der Waals surface area (Å²) in [6.45, 7) is 5.56. The average Bonchev–Trinajstić information content (AvgIpc) is 2.47. The van der Waals surface area contributed by atoms with Crippen molar-refractivity contribution in [1.82, 2.24) is 9.80 Å². The molecule has 3 atom stereocenters. The quantitative estimate of drug-likeness (QED) is 0.458. The first-order valence-corrected chi connectivity index (χ1v) is 8.15. The predicted molar refractivity (Wildman–Crippen MR) is 96.3 cm³/mol. The maximum atomic E-state index is 12.1. The van der Waals surface area contributed by atoms with E-state index in [1.807, 2.05) is 20.8 Å². The topological polar surface area (TPSA) is 193 Å². The smallest absolute Gasteiger partial charge is 0.414 e. The Morgan fingerprint density at radius 2 is 1.41 bits per heavy atom. The van der Waals surface area contributed by atoms with Gasteiger partial charge in [0.05, 0.1) is 6.04 Å². The van der Waals surface area contributed by atoms with Crippen LogP contribution in [0.4, 0.5) is 4.79 Å². The van der Waals surface area contributed by atoms with Gasteiger partial charge in [-0.05, 0) is 40.0 Å². The molecule has 0 bridgehead atoms. The number of hydrogen-bond acceptors (Lipinski definition) is 5. The van der Waals surface area contributed by atoms with Crippen molar-refractivity contribution in [2.75, 3.05) is 14.1 Å². The molecule has 0 radical (unpaired) electrons. The number of carbonyl (C=O) groups is 4. The molecule has 1 aliphatic carbocycles. The molecule has 0 spiro atoms. The van der Waals surface area contributed by atoms with Crippen LogP contribution in [-0.4, -0.2) is 86.3 Å². The SMILES string of the molecule is CN(C)C(=O)[C@H]1CC[C@H](N)[C@H](N(C(=O)O)C(C)(C)C)C1.O.O=C(O)C(=O)O. The van der Waals surface area contributed by atoms with Crippen molar-refractivity contribution in [2.45, 2.75) is 57.7 Å². The van der Waals surface area contributed by atoms with E-state index < -0.39 is 23.6 Å². The van der Waals surface area contributed by atoms with Crippen molar-refractivity contribution in [3.05, 3.63) is 0 Å². The maximum absolute atomic E-state index is 12.1. The lowest BCUT2D eigenvalue weighted by Crippen LogP contribution is -2.60. The van der Waals surface area contributed by atoms with Crippen LogP contribution in [0.3, 0.4) is 0 Å². The van der Waals surface area contributed by atoms with E-state index in [9.17, 15) is 14.7 Å². The molecule has 27 heavy (non-hydrogen) atoms. The van der Waals surface area contributed by atoms with E-state index >= 15 is 0 Å². The van der Waals surface area contributed by atoms with Gasteiger partial charge in [0, 0.05) is 31.6 Å². The lowest BCUT2D eigenvalue weighted by molar-refractivity contribution is -0.159. The van der Waals surface area contributed by atoms with Gasteiger partial charge < -0.3 is 31.4 Å². The second-order valence-corrected chi connectivity index (χ2v) is 7.41. The normalized spacial score (nSPS) is 21.6. The third kappa shape index (κ3) is 8.22. The Morgan fingerprint density at radius 3 is 1.70 bits per heavy atom. The molecular formula is C16H31N3O8. The van der Waals surface area contributed by atoms with E-state index in [-0.39, 0.29) is 29.4 Å². The molecule has 0 aromatic carbocycles. The molecule has 2 amide bonds. The van der Waals surface area contributed by atoms with Crippen molar-refractivity contribution in [1.29, 1.82) is 0 Å². The van der Waals surface area contributed by atoms with Gasteiger partial charge in [0.2, 0.25) is 5.91 Å². The Balaban J connectivity index is 0. The summed E-state index contributed by atoms with van der Waals surface area (Å²) in [5.74, 6) is -3.73. The molecule has 0 aromatic rings. The lowest BCUT2D eigenvalue weighted by Gasteiger charge is -2.45. The summed E-state index contributed by atoms with van der Waals surface area (Å²) in [7, 11) is 3.45. The fourth-order valence-corrected chi connectivity index (χ4v) is 2.98. The van der Waals surface area contributed by atoms with Crippen LogP contribution in [0.2, 0.25) is 0 Å². The molecule has 1 fully saturated rings. The molecule has 1 saturated carbocycles. The molecular weight excluding hydrogens is 362 g/mol. The van der Waals surface area contributed by atoms with Crippen LogP contribution < -0.4 is 5.73 Å². The molecule has 7 N–H and O–H groups in total. The number of rotatable bonds is 2. The van der Waals surface area contributed by atoms with Crippen LogP contribution in [0.15, 0.2) is 0 Å². The molecule has 0 saturated heterocycles. The highest BCUT2D eigenvalue weighted by Gasteiger charge is 2.41. The monoisotopic (exact) mass is 393 g/mol. The van der Waals surface area contributed by atoms with Crippen LogP contribution in [0, 0.1) is 5.92 Å². The molecule has 0 aliphatic heterocycles. The van der Waals surface area contributed by atoms with Crippen molar-refractivity contribution in [3.8, 4) is 0 Å². The van der Waals surface area contributed by atoms with Gasteiger partial charge in [0.25, 0.3) is 0 Å². The van der Waals surface area contributed by atoms with Crippen molar-refractivity contribution in [3.63, 3.8) is 0 Å². The van der Waals surface area contributed by atoms with Crippen LogP contribution in [0.5, 0.6) is 0 Å². The maximum Gasteiger partial charge on any atom is 0.414 e. The van der Waals surface area contributed by atoms with Crippen molar-refractivity contribution in [2.24, 2.45) is 11.7 Å². The Bertz CT molecular complexity index is 532. The molecule has 0 unspecified atom stereocenters. The number of aliphatic carboxylic acids is 2. The Morgan fingerprint density at radius 1 is 0.963 bits per heavy atom.